The van der Waals surface area contributed by atoms with Gasteiger partial charge in [-0.2, -0.15) is 0 Å². The van der Waals surface area contributed by atoms with E-state index in [1.54, 1.807) is 0 Å². The number of unbranched alkanes of at least 4 members (excludes halogenated alkanes) is 4. The van der Waals surface area contributed by atoms with Crippen LogP contribution in [-0.2, 0) is 25.7 Å². The molecule has 8 nitrogen and oxygen atoms in total. The summed E-state index contributed by atoms with van der Waals surface area (Å²) in [6.45, 7) is 27.3. The second kappa shape index (κ2) is 24.1. The van der Waals surface area contributed by atoms with Gasteiger partial charge in [0.25, 0.3) is 0 Å². The summed E-state index contributed by atoms with van der Waals surface area (Å²) in [4.78, 5) is 37.6. The van der Waals surface area contributed by atoms with E-state index in [-0.39, 0.29) is 0 Å². The Morgan fingerprint density at radius 1 is 0.293 bits per heavy atom. The molecule has 0 spiro atoms. The number of aromatic amines is 4. The maximum absolute atomic E-state index is 5.51. The first-order valence-electron chi connectivity index (χ1n) is 31.4. The smallest absolute Gasteiger partial charge is 0.0693 e. The van der Waals surface area contributed by atoms with E-state index in [1.165, 1.54) is 66.8 Å². The molecule has 0 saturated carbocycles. The predicted molar refractivity (Wildman–Crippen MR) is 352 cm³/mol. The first-order chi connectivity index (χ1) is 39.9. The van der Waals surface area contributed by atoms with Crippen LogP contribution in [0.4, 0.5) is 0 Å². The Labute approximate surface area is 487 Å². The monoisotopic (exact) mass is 1090 g/mol. The number of fused-ring (bicyclic) bond motifs is 16. The van der Waals surface area contributed by atoms with Gasteiger partial charge in [-0.25, -0.2) is 19.9 Å². The maximum atomic E-state index is 5.51. The lowest BCUT2D eigenvalue weighted by Crippen LogP contribution is -1.86. The maximum Gasteiger partial charge on any atom is 0.0693 e. The fourth-order valence-corrected chi connectivity index (χ4v) is 13.4. The molecule has 0 fully saturated rings. The summed E-state index contributed by atoms with van der Waals surface area (Å²) in [6.07, 6.45) is 16.6. The lowest BCUT2D eigenvalue weighted by atomic mass is 9.98. The van der Waals surface area contributed by atoms with Gasteiger partial charge in [-0.05, 0) is 243 Å². The number of nitrogens with one attached hydrogen (secondary N) is 4. The van der Waals surface area contributed by atoms with Crippen molar-refractivity contribution < 1.29 is 0 Å². The number of allylic oxidation sites excluding steroid dienone is 8. The van der Waals surface area contributed by atoms with Crippen LogP contribution in [0.2, 0.25) is 0 Å². The van der Waals surface area contributed by atoms with Gasteiger partial charge in [0.2, 0.25) is 0 Å². The molecule has 11 rings (SSSR count). The van der Waals surface area contributed by atoms with E-state index in [0.29, 0.717) is 0 Å². The molecule has 0 saturated heterocycles. The molecule has 1 aromatic carbocycles. The van der Waals surface area contributed by atoms with Crippen LogP contribution in [-0.4, -0.2) is 39.9 Å². The molecule has 0 radical (unpaired) electrons. The van der Waals surface area contributed by atoms with E-state index in [4.69, 9.17) is 19.9 Å². The molecule has 0 atom stereocenters. The molecule has 7 aromatic rings. The zero-order valence-corrected chi connectivity index (χ0v) is 51.2. The molecular weight excluding hydrogens is 1000 g/mol. The highest BCUT2D eigenvalue weighted by atomic mass is 14.8. The SMILES string of the molecule is CCCCC1=C(C)c2cc3[nH]c(cc4nc(cc5[nH]c(cc1n2)cc5-c1ccc(-c2cc5cc6nc(cc7[nH]c(cc8nc(cc2[nH]5)C(CCCC)=C8C)c(CC)c7CC)C(C)=C6CCCC)cc1)C(CCCC)=C4C)c(CC)c3CC. The molecule has 0 unspecified atom stereocenters. The summed E-state index contributed by atoms with van der Waals surface area (Å²) in [7, 11) is 0. The van der Waals surface area contributed by atoms with Gasteiger partial charge in [0.15, 0.2) is 0 Å². The number of aromatic nitrogens is 8. The van der Waals surface area contributed by atoms with Crippen LogP contribution >= 0.6 is 0 Å². The van der Waals surface area contributed by atoms with Crippen LogP contribution < -0.4 is 0 Å². The van der Waals surface area contributed by atoms with Gasteiger partial charge in [-0.3, -0.25) is 0 Å². The molecule has 4 N–H and O–H groups in total. The Morgan fingerprint density at radius 3 is 0.805 bits per heavy atom. The van der Waals surface area contributed by atoms with Gasteiger partial charge in [0.1, 0.15) is 0 Å². The highest BCUT2D eigenvalue weighted by Crippen LogP contribution is 2.42. The molecule has 4 aliphatic rings. The van der Waals surface area contributed by atoms with Crippen LogP contribution in [0, 0.1) is 0 Å². The molecule has 8 heteroatoms. The third-order valence-electron chi connectivity index (χ3n) is 18.2. The molecule has 422 valence electrons. The third-order valence-corrected chi connectivity index (χ3v) is 18.2. The fourth-order valence-electron chi connectivity index (χ4n) is 13.4. The summed E-state index contributed by atoms with van der Waals surface area (Å²) >= 11 is 0. The first-order valence-corrected chi connectivity index (χ1v) is 31.4. The average Bonchev–Trinajstić information content (AvgIpc) is 4.38. The van der Waals surface area contributed by atoms with Crippen molar-refractivity contribution in [3.05, 3.63) is 153 Å². The second-order valence-electron chi connectivity index (χ2n) is 23.4. The standard InChI is InChI=1S/C74H86N8/c1-13-21-25-55-43(9)61-37-67-51(17-5)53(19-7)69(81-67)39-63-45(11)57(27-23-15-3)71(79-63)41-73-59(33-49(75-73)35-65(55)77-61)47-29-31-48(32-30-47)60-34-50-36-66-56(26-22-14-2)44(10)62(78-66)38-68-52(18-6)54(20-8)70(82-68)40-64-46(12)58(28-24-16-4)72(80-64)42-74(60)76-50/h29-42,75-76,81-82H,13-28H2,1-12H3. The van der Waals surface area contributed by atoms with Gasteiger partial charge >= 0.3 is 0 Å². The van der Waals surface area contributed by atoms with Crippen LogP contribution in [0.1, 0.15) is 228 Å². The van der Waals surface area contributed by atoms with Gasteiger partial charge in [-0.1, -0.05) is 105 Å². The van der Waals surface area contributed by atoms with Gasteiger partial charge in [-0.15, -0.1) is 0 Å². The number of nitrogens with zero attached hydrogens (tertiary/aromatic N) is 4. The molecule has 4 aliphatic heterocycles. The van der Waals surface area contributed by atoms with Crippen molar-refractivity contribution in [1.29, 1.82) is 0 Å². The third kappa shape index (κ3) is 10.6. The number of aryl methyl sites for hydroxylation is 4. The zero-order chi connectivity index (χ0) is 57.3. The van der Waals surface area contributed by atoms with Crippen LogP contribution in [0.25, 0.3) is 111 Å². The van der Waals surface area contributed by atoms with E-state index >= 15 is 0 Å². The molecule has 82 heavy (non-hydrogen) atoms. The number of hydrogen-bond acceptors (Lipinski definition) is 4. The first kappa shape index (κ1) is 56.3. The Kier molecular flexibility index (Phi) is 16.5. The number of benzene rings is 1. The minimum absolute atomic E-state index is 0.941. The van der Waals surface area contributed by atoms with Gasteiger partial charge < -0.3 is 19.9 Å². The summed E-state index contributed by atoms with van der Waals surface area (Å²) < 4.78 is 0. The Balaban J connectivity index is 1.13. The Hall–Kier alpha value is -7.58. The van der Waals surface area contributed by atoms with Crippen molar-refractivity contribution in [2.75, 3.05) is 0 Å². The van der Waals surface area contributed by atoms with E-state index < -0.39 is 0 Å². The average molecular weight is 1090 g/mol. The van der Waals surface area contributed by atoms with Crippen molar-refractivity contribution in [3.63, 3.8) is 0 Å². The van der Waals surface area contributed by atoms with Crippen molar-refractivity contribution >= 4 is 88.7 Å². The number of H-pyrrole nitrogens is 4. The minimum Gasteiger partial charge on any atom is -0.355 e. The number of hydrogen-bond donors (Lipinski definition) is 4. The van der Waals surface area contributed by atoms with E-state index in [9.17, 15) is 0 Å². The second-order valence-corrected chi connectivity index (χ2v) is 23.4. The molecule has 16 bridgehead atoms. The topological polar surface area (TPSA) is 115 Å². The minimum atomic E-state index is 0.941. The van der Waals surface area contributed by atoms with E-state index in [0.717, 1.165) is 215 Å². The largest absolute Gasteiger partial charge is 0.355 e. The van der Waals surface area contributed by atoms with Gasteiger partial charge in [0.05, 0.1) is 45.6 Å². The van der Waals surface area contributed by atoms with Crippen LogP contribution in [0.3, 0.4) is 0 Å². The van der Waals surface area contributed by atoms with Crippen molar-refractivity contribution in [2.24, 2.45) is 0 Å². The van der Waals surface area contributed by atoms with Crippen molar-refractivity contribution in [1.82, 2.24) is 39.9 Å². The molecule has 0 amide bonds. The highest BCUT2D eigenvalue weighted by Gasteiger charge is 2.24. The van der Waals surface area contributed by atoms with Crippen molar-refractivity contribution in [3.8, 4) is 22.3 Å². The normalized spacial score (nSPS) is 13.7. The Bertz CT molecular complexity index is 3850. The summed E-state index contributed by atoms with van der Waals surface area (Å²) in [5.74, 6) is 0. The fraction of sp³-hybridized carbons (Fsp3) is 0.378. The Morgan fingerprint density at radius 2 is 0.549 bits per heavy atom. The molecule has 6 aromatic heterocycles. The van der Waals surface area contributed by atoms with E-state index in [1.807, 2.05) is 0 Å². The van der Waals surface area contributed by atoms with Crippen molar-refractivity contribution in [2.45, 2.75) is 186 Å². The predicted octanol–water partition coefficient (Wildman–Crippen LogP) is 21.0. The summed E-state index contributed by atoms with van der Waals surface area (Å²) in [6, 6.07) is 32.3. The van der Waals surface area contributed by atoms with E-state index in [2.05, 4.69) is 188 Å². The lowest BCUT2D eigenvalue weighted by Gasteiger charge is -2.05. The molecule has 10 heterocycles. The summed E-state index contributed by atoms with van der Waals surface area (Å²) in [5.41, 5.74) is 37.5. The lowest BCUT2D eigenvalue weighted by molar-refractivity contribution is 0.824. The number of rotatable bonds is 18. The zero-order valence-electron chi connectivity index (χ0n) is 51.2. The quantitative estimate of drug-likeness (QED) is 0.0685. The molecule has 0 aliphatic carbocycles. The summed E-state index contributed by atoms with van der Waals surface area (Å²) in [5, 5.41) is 0. The van der Waals surface area contributed by atoms with Gasteiger partial charge in [0, 0.05) is 55.3 Å². The van der Waals surface area contributed by atoms with Crippen LogP contribution in [0.5, 0.6) is 0 Å². The molecular formula is C74H86N8. The highest BCUT2D eigenvalue weighted by molar-refractivity contribution is 5.99. The van der Waals surface area contributed by atoms with Crippen LogP contribution in [0.15, 0.2) is 84.9 Å².